The summed E-state index contributed by atoms with van der Waals surface area (Å²) in [5, 5.41) is 18.3. The lowest BCUT2D eigenvalue weighted by atomic mass is 9.83. The van der Waals surface area contributed by atoms with Crippen molar-refractivity contribution < 1.29 is 33.4 Å². The third-order valence-electron chi connectivity index (χ3n) is 13.6. The van der Waals surface area contributed by atoms with Crippen LogP contribution in [0.15, 0.2) is 60.7 Å². The Hall–Kier alpha value is -4.66. The van der Waals surface area contributed by atoms with Gasteiger partial charge in [0.2, 0.25) is 29.5 Å². The van der Waals surface area contributed by atoms with E-state index in [1.54, 1.807) is 47.3 Å². The van der Waals surface area contributed by atoms with Crippen molar-refractivity contribution in [3.05, 3.63) is 71.8 Å². The number of hydrogen-bond donors (Lipinski definition) is 6. The zero-order chi connectivity index (χ0) is 50.6. The first-order valence-corrected chi connectivity index (χ1v) is 26.6. The topological polar surface area (TPSA) is 182 Å². The third-order valence-corrected chi connectivity index (χ3v) is 16.5. The standard InChI is InChI=1S/C52H70N8O7S3/c1-33(53-7)45(61)55-37-23-27-69-41-29-51(3,4)43(59(41)49(37)64)46(62)56-39(35-19-13-11-14-20-35)31-66-25-17-9-10-18-26-67-32-40(36-21-15-12-16-22-36)57-47(63)44-52(5,6)30-42-60(44)50(65)38(24-28-70-42)58-48(68)34(2)54-8/h11-16,19-22,33-34,37-44,53-54H,23-32H2,1-8H3,(H,55,61)(H,56,62)(H,57,63)(H,58,68)/t33-,34+,37-,38+,39+,40-,41?,42?,43+,44-/m1/s1. The molecule has 15 nitrogen and oxygen atoms in total. The molecule has 2 unspecified atom stereocenters. The number of rotatable bonds is 18. The Kier molecular flexibility index (Phi) is 19.6. The van der Waals surface area contributed by atoms with Crippen molar-refractivity contribution in [1.29, 1.82) is 0 Å². The van der Waals surface area contributed by atoms with Crippen molar-refractivity contribution in [2.24, 2.45) is 10.8 Å². The van der Waals surface area contributed by atoms with E-state index in [1.165, 1.54) is 0 Å². The van der Waals surface area contributed by atoms with Crippen molar-refractivity contribution in [3.8, 4) is 23.7 Å². The molecule has 4 fully saturated rings. The van der Waals surface area contributed by atoms with E-state index in [0.29, 0.717) is 36.4 Å². The van der Waals surface area contributed by atoms with E-state index in [1.807, 2.05) is 102 Å². The Morgan fingerprint density at radius 2 is 1.10 bits per heavy atom. The van der Waals surface area contributed by atoms with E-state index in [4.69, 9.17) is 21.7 Å². The number of hydrogen-bond acceptors (Lipinski definition) is 12. The van der Waals surface area contributed by atoms with Crippen molar-refractivity contribution in [2.45, 2.75) is 126 Å². The highest BCUT2D eigenvalue weighted by Crippen LogP contribution is 2.48. The summed E-state index contributed by atoms with van der Waals surface area (Å²) >= 11 is 8.96. The van der Waals surface area contributed by atoms with Gasteiger partial charge in [0.15, 0.2) is 0 Å². The Bertz CT molecular complexity index is 2140. The normalized spacial score (nSPS) is 25.1. The molecule has 6 N–H and O–H groups in total. The number of ether oxygens (including phenoxy) is 2. The summed E-state index contributed by atoms with van der Waals surface area (Å²) in [6, 6.07) is 14.8. The van der Waals surface area contributed by atoms with Crippen LogP contribution in [0.3, 0.4) is 0 Å². The average Bonchev–Trinajstić information content (AvgIpc) is 3.66. The second-order valence-corrected chi connectivity index (χ2v) is 22.6. The maximum Gasteiger partial charge on any atom is 0.246 e. The molecule has 0 bridgehead atoms. The Morgan fingerprint density at radius 3 is 1.51 bits per heavy atom. The maximum absolute atomic E-state index is 14.4. The van der Waals surface area contributed by atoms with Crippen molar-refractivity contribution in [1.82, 2.24) is 41.7 Å². The van der Waals surface area contributed by atoms with Crippen LogP contribution in [0.1, 0.15) is 90.4 Å². The summed E-state index contributed by atoms with van der Waals surface area (Å²) in [6.07, 6.45) is 2.42. The van der Waals surface area contributed by atoms with Crippen LogP contribution in [0, 0.1) is 34.5 Å². The van der Waals surface area contributed by atoms with Gasteiger partial charge in [-0.15, -0.1) is 23.5 Å². The molecule has 0 saturated carbocycles. The monoisotopic (exact) mass is 1010 g/mol. The quantitative estimate of drug-likeness (QED) is 0.0720. The highest BCUT2D eigenvalue weighted by molar-refractivity contribution is 8.00. The first-order valence-electron chi connectivity index (χ1n) is 24.1. The van der Waals surface area contributed by atoms with E-state index < -0.39 is 53.1 Å². The zero-order valence-corrected chi connectivity index (χ0v) is 44.0. The number of thiocarbonyl (C=S) groups is 1. The molecule has 70 heavy (non-hydrogen) atoms. The van der Waals surface area contributed by atoms with Crippen molar-refractivity contribution >= 4 is 70.3 Å². The lowest BCUT2D eigenvalue weighted by molar-refractivity contribution is -0.144. The molecule has 2 aromatic rings. The van der Waals surface area contributed by atoms with Crippen LogP contribution < -0.4 is 31.9 Å². The molecular weight excluding hydrogens is 945 g/mol. The van der Waals surface area contributed by atoms with E-state index in [9.17, 15) is 24.0 Å². The molecule has 0 spiro atoms. The molecule has 0 radical (unpaired) electrons. The SMILES string of the molecule is CN[C@@H](C)C(=S)N[C@H]1CCSC2CC(C)(C)[C@@H](C(=O)N[C@H](COCC#CC#CCOC[C@H](NC(=O)[C@@H]3N4C(=O)[C@H](NC(=O)[C@@H](C)NC)CCSC4CC3(C)C)c3ccccc3)c3ccccc3)N2C1=O. The van der Waals surface area contributed by atoms with Gasteiger partial charge >= 0.3 is 0 Å². The summed E-state index contributed by atoms with van der Waals surface area (Å²) in [5.41, 5.74) is 0.696. The minimum atomic E-state index is -0.760. The molecule has 0 aromatic heterocycles. The van der Waals surface area contributed by atoms with Gasteiger partial charge in [0.1, 0.15) is 37.4 Å². The predicted molar refractivity (Wildman–Crippen MR) is 280 cm³/mol. The summed E-state index contributed by atoms with van der Waals surface area (Å²) in [6.45, 7) is 12.2. The number of thioether (sulfide) groups is 2. The first kappa shape index (κ1) is 54.7. The molecule has 4 aliphatic rings. The molecule has 378 valence electrons. The van der Waals surface area contributed by atoms with Gasteiger partial charge in [0, 0.05) is 0 Å². The van der Waals surface area contributed by atoms with E-state index >= 15 is 0 Å². The van der Waals surface area contributed by atoms with Crippen molar-refractivity contribution in [2.75, 3.05) is 52.0 Å². The minimum Gasteiger partial charge on any atom is -0.367 e. The molecule has 4 aliphatic heterocycles. The molecule has 10 atom stereocenters. The maximum atomic E-state index is 14.4. The number of fused-ring (bicyclic) bond motifs is 2. The van der Waals surface area contributed by atoms with E-state index in [-0.39, 0.29) is 72.8 Å². The van der Waals surface area contributed by atoms with Crippen LogP contribution in [0.25, 0.3) is 0 Å². The number of nitrogens with one attached hydrogen (secondary N) is 6. The second kappa shape index (κ2) is 25.1. The van der Waals surface area contributed by atoms with Gasteiger partial charge < -0.3 is 51.2 Å². The number of benzene rings is 2. The summed E-state index contributed by atoms with van der Waals surface area (Å²) in [5.74, 6) is 11.8. The fourth-order valence-electron chi connectivity index (χ4n) is 9.49. The van der Waals surface area contributed by atoms with Crippen LogP contribution in [-0.2, 0) is 33.4 Å². The van der Waals surface area contributed by atoms with Gasteiger partial charge in [-0.25, -0.2) is 0 Å². The number of likely N-dealkylation sites (N-methyl/N-ethyl adjacent to an activating group) is 2. The molecule has 2 aromatic carbocycles. The highest BCUT2D eigenvalue weighted by Gasteiger charge is 2.56. The average molecular weight is 1020 g/mol. The van der Waals surface area contributed by atoms with Gasteiger partial charge in [0.05, 0.1) is 53.1 Å². The molecule has 5 amide bonds. The number of carbonyl (C=O) groups is 5. The minimum absolute atomic E-state index is 0.0521. The second-order valence-electron chi connectivity index (χ2n) is 19.6. The van der Waals surface area contributed by atoms with E-state index in [2.05, 4.69) is 55.6 Å². The molecule has 6 rings (SSSR count). The lowest BCUT2D eigenvalue weighted by Gasteiger charge is -2.35. The third kappa shape index (κ3) is 13.6. The zero-order valence-electron chi connectivity index (χ0n) is 41.6. The van der Waals surface area contributed by atoms with Gasteiger partial charge in [-0.05, 0) is 98.9 Å². The molecular formula is C52H70N8O7S3. The van der Waals surface area contributed by atoms with Gasteiger partial charge in [-0.3, -0.25) is 24.0 Å². The van der Waals surface area contributed by atoms with Gasteiger partial charge in [-0.1, -0.05) is 112 Å². The lowest BCUT2D eigenvalue weighted by Crippen LogP contribution is -2.58. The molecule has 0 aliphatic carbocycles. The fraction of sp³-hybridized carbons (Fsp3) is 0.577. The number of nitrogens with zero attached hydrogens (tertiary/aromatic N) is 2. The highest BCUT2D eigenvalue weighted by atomic mass is 32.2. The Morgan fingerprint density at radius 1 is 0.686 bits per heavy atom. The number of carbonyl (C=O) groups excluding carboxylic acids is 5. The van der Waals surface area contributed by atoms with Crippen LogP contribution in [0.2, 0.25) is 0 Å². The molecule has 4 heterocycles. The molecule has 4 saturated heterocycles. The summed E-state index contributed by atoms with van der Waals surface area (Å²) in [7, 11) is 3.52. The fourth-order valence-corrected chi connectivity index (χ4v) is 12.9. The molecule has 18 heteroatoms. The summed E-state index contributed by atoms with van der Waals surface area (Å²) < 4.78 is 12.0. The van der Waals surface area contributed by atoms with Crippen LogP contribution in [-0.4, -0.2) is 143 Å². The largest absolute Gasteiger partial charge is 0.367 e. The van der Waals surface area contributed by atoms with Gasteiger partial charge in [-0.2, -0.15) is 0 Å². The summed E-state index contributed by atoms with van der Waals surface area (Å²) in [4.78, 5) is 73.8. The first-order chi connectivity index (χ1) is 33.5. The van der Waals surface area contributed by atoms with Crippen LogP contribution in [0.5, 0.6) is 0 Å². The Balaban J connectivity index is 1.04. The van der Waals surface area contributed by atoms with Gasteiger partial charge in [0.25, 0.3) is 0 Å². The van der Waals surface area contributed by atoms with Crippen molar-refractivity contribution in [3.63, 3.8) is 0 Å². The predicted octanol–water partition coefficient (Wildman–Crippen LogP) is 3.91. The smallest absolute Gasteiger partial charge is 0.246 e. The number of amides is 5. The van der Waals surface area contributed by atoms with Crippen LogP contribution >= 0.6 is 35.7 Å². The Labute approximate surface area is 428 Å². The van der Waals surface area contributed by atoms with E-state index in [0.717, 1.165) is 16.9 Å². The van der Waals surface area contributed by atoms with Crippen LogP contribution in [0.4, 0.5) is 0 Å².